The molecule has 0 N–H and O–H groups in total. The Kier molecular flexibility index (Phi) is 2.19. The van der Waals surface area contributed by atoms with Gasteiger partial charge >= 0.3 is 0 Å². The van der Waals surface area contributed by atoms with E-state index in [1.807, 2.05) is 36.2 Å². The van der Waals surface area contributed by atoms with Crippen LogP contribution in [0.4, 0.5) is 5.69 Å². The van der Waals surface area contributed by atoms with Gasteiger partial charge in [0, 0.05) is 23.3 Å². The third-order valence-electron chi connectivity index (χ3n) is 3.63. The van der Waals surface area contributed by atoms with E-state index in [-0.39, 0.29) is 11.9 Å². The van der Waals surface area contributed by atoms with Gasteiger partial charge in [0.1, 0.15) is 0 Å². The monoisotopic (exact) mass is 236 g/mol. The summed E-state index contributed by atoms with van der Waals surface area (Å²) in [7, 11) is 2.02. The summed E-state index contributed by atoms with van der Waals surface area (Å²) in [5, 5.41) is 0.679. The number of piperazine rings is 1. The minimum absolute atomic E-state index is 0.0812. The maximum Gasteiger partial charge on any atom is 0.244 e. The maximum absolute atomic E-state index is 12.1. The molecule has 1 aromatic carbocycles. The lowest BCUT2D eigenvalue weighted by atomic mass is 9.87. The summed E-state index contributed by atoms with van der Waals surface area (Å²) in [5.74, 6) is 0.201. The van der Waals surface area contributed by atoms with Crippen molar-refractivity contribution >= 4 is 23.2 Å². The Labute approximate surface area is 99.6 Å². The number of fused-ring (bicyclic) bond motifs is 2. The van der Waals surface area contributed by atoms with Crippen LogP contribution in [0.2, 0.25) is 5.02 Å². The van der Waals surface area contributed by atoms with Crippen molar-refractivity contribution in [2.45, 2.75) is 18.5 Å². The van der Waals surface area contributed by atoms with E-state index in [0.29, 0.717) is 11.1 Å². The molecule has 1 aromatic rings. The summed E-state index contributed by atoms with van der Waals surface area (Å²) in [6.07, 6.45) is 1.01. The summed E-state index contributed by atoms with van der Waals surface area (Å²) < 4.78 is 0. The molecule has 0 aliphatic carbocycles. The summed E-state index contributed by atoms with van der Waals surface area (Å²) in [5.41, 5.74) is 0.917. The van der Waals surface area contributed by atoms with E-state index < -0.39 is 0 Å². The van der Waals surface area contributed by atoms with Gasteiger partial charge in [0.2, 0.25) is 5.91 Å². The second kappa shape index (κ2) is 3.47. The minimum atomic E-state index is 0.0812. The third kappa shape index (κ3) is 1.35. The molecule has 4 heteroatoms. The van der Waals surface area contributed by atoms with Crippen molar-refractivity contribution in [3.63, 3.8) is 0 Å². The van der Waals surface area contributed by atoms with Crippen LogP contribution in [-0.4, -0.2) is 36.5 Å². The zero-order chi connectivity index (χ0) is 11.3. The number of hydrogen-bond acceptors (Lipinski definition) is 2. The van der Waals surface area contributed by atoms with Crippen LogP contribution in [0.1, 0.15) is 6.42 Å². The number of halogens is 1. The molecule has 2 atom stereocenters. The van der Waals surface area contributed by atoms with Crippen molar-refractivity contribution in [3.05, 3.63) is 29.3 Å². The van der Waals surface area contributed by atoms with Crippen LogP contribution in [0.3, 0.4) is 0 Å². The van der Waals surface area contributed by atoms with Gasteiger partial charge in [-0.2, -0.15) is 0 Å². The van der Waals surface area contributed by atoms with Crippen LogP contribution in [0, 0.1) is 0 Å². The van der Waals surface area contributed by atoms with E-state index in [4.69, 9.17) is 11.6 Å². The van der Waals surface area contributed by atoms with Gasteiger partial charge in [-0.1, -0.05) is 17.7 Å². The van der Waals surface area contributed by atoms with E-state index >= 15 is 0 Å². The molecule has 0 saturated carbocycles. The number of carbonyl (C=O) groups is 1. The Hall–Kier alpha value is -1.06. The van der Waals surface area contributed by atoms with Crippen molar-refractivity contribution in [2.24, 2.45) is 0 Å². The fraction of sp³-hybridized carbons (Fsp3) is 0.417. The fourth-order valence-corrected chi connectivity index (χ4v) is 2.73. The predicted octanol–water partition coefficient (Wildman–Crippen LogP) is 1.76. The Balaban J connectivity index is 1.89. The van der Waals surface area contributed by atoms with Gasteiger partial charge < -0.3 is 4.90 Å². The third-order valence-corrected chi connectivity index (χ3v) is 3.86. The van der Waals surface area contributed by atoms with E-state index in [9.17, 15) is 4.79 Å². The van der Waals surface area contributed by atoms with Crippen molar-refractivity contribution in [1.29, 1.82) is 0 Å². The van der Waals surface area contributed by atoms with Crippen LogP contribution >= 0.6 is 11.6 Å². The molecule has 1 amide bonds. The molecular formula is C12H13ClN2O. The minimum Gasteiger partial charge on any atom is -0.309 e. The second-order valence-corrected chi connectivity index (χ2v) is 4.94. The molecule has 2 bridgehead atoms. The summed E-state index contributed by atoms with van der Waals surface area (Å²) >= 11 is 5.94. The molecule has 0 radical (unpaired) electrons. The molecule has 2 unspecified atom stereocenters. The van der Waals surface area contributed by atoms with Gasteiger partial charge in [0.25, 0.3) is 0 Å². The lowest BCUT2D eigenvalue weighted by Crippen LogP contribution is -2.70. The van der Waals surface area contributed by atoms with Crippen LogP contribution in [0.15, 0.2) is 24.3 Å². The van der Waals surface area contributed by atoms with Gasteiger partial charge in [-0.3, -0.25) is 9.69 Å². The Morgan fingerprint density at radius 1 is 1.44 bits per heavy atom. The van der Waals surface area contributed by atoms with Gasteiger partial charge in [-0.25, -0.2) is 0 Å². The van der Waals surface area contributed by atoms with Crippen molar-refractivity contribution < 1.29 is 4.79 Å². The number of benzene rings is 1. The Morgan fingerprint density at radius 2 is 2.25 bits per heavy atom. The fourth-order valence-electron chi connectivity index (χ4n) is 2.54. The summed E-state index contributed by atoms with van der Waals surface area (Å²) in [6, 6.07) is 8.10. The van der Waals surface area contributed by atoms with E-state index in [2.05, 4.69) is 4.90 Å². The first-order valence-electron chi connectivity index (χ1n) is 5.45. The standard InChI is InChI=1S/C12H13ClN2O/c1-14-10-6-11(14)12(16)15(7-10)9-4-2-3-8(13)5-9/h2-5,10-11H,6-7H2,1H3. The molecule has 0 aromatic heterocycles. The summed E-state index contributed by atoms with van der Waals surface area (Å²) in [6.45, 7) is 0.784. The van der Waals surface area contributed by atoms with Crippen LogP contribution in [-0.2, 0) is 4.79 Å². The molecule has 16 heavy (non-hydrogen) atoms. The topological polar surface area (TPSA) is 23.6 Å². The number of carbonyl (C=O) groups excluding carboxylic acids is 1. The SMILES string of the molecule is CN1C2CC1C(=O)N(c1cccc(Cl)c1)C2. The number of likely N-dealkylation sites (N-methyl/N-ethyl adjacent to an activating group) is 1. The van der Waals surface area contributed by atoms with Crippen LogP contribution in [0.5, 0.6) is 0 Å². The highest BCUT2D eigenvalue weighted by Gasteiger charge is 2.48. The molecule has 3 nitrogen and oxygen atoms in total. The Morgan fingerprint density at radius 3 is 2.88 bits per heavy atom. The molecule has 4 rings (SSSR count). The van der Waals surface area contributed by atoms with Gasteiger partial charge in [-0.15, -0.1) is 0 Å². The maximum atomic E-state index is 12.1. The first-order valence-corrected chi connectivity index (χ1v) is 5.83. The summed E-state index contributed by atoms with van der Waals surface area (Å²) in [4.78, 5) is 16.1. The smallest absolute Gasteiger partial charge is 0.244 e. The lowest BCUT2D eigenvalue weighted by molar-refractivity contribution is -0.135. The average Bonchev–Trinajstić information content (AvgIpc) is 2.27. The molecule has 3 saturated heterocycles. The Bertz CT molecular complexity index is 448. The molecule has 3 fully saturated rings. The van der Waals surface area contributed by atoms with Crippen molar-refractivity contribution in [1.82, 2.24) is 4.90 Å². The molecule has 3 aliphatic rings. The number of hydrogen-bond donors (Lipinski definition) is 0. The number of amides is 1. The quantitative estimate of drug-likeness (QED) is 0.742. The zero-order valence-corrected chi connectivity index (χ0v) is 9.81. The lowest BCUT2D eigenvalue weighted by Gasteiger charge is -2.53. The molecule has 3 heterocycles. The molecule has 84 valence electrons. The van der Waals surface area contributed by atoms with Crippen LogP contribution in [0.25, 0.3) is 0 Å². The first-order chi connectivity index (χ1) is 7.66. The van der Waals surface area contributed by atoms with E-state index in [1.54, 1.807) is 0 Å². The highest BCUT2D eigenvalue weighted by molar-refractivity contribution is 6.30. The number of nitrogens with zero attached hydrogens (tertiary/aromatic N) is 2. The average molecular weight is 237 g/mol. The number of rotatable bonds is 1. The molecular weight excluding hydrogens is 224 g/mol. The highest BCUT2D eigenvalue weighted by Crippen LogP contribution is 2.34. The van der Waals surface area contributed by atoms with Crippen molar-refractivity contribution in [2.75, 3.05) is 18.5 Å². The van der Waals surface area contributed by atoms with Crippen LogP contribution < -0.4 is 4.90 Å². The number of anilines is 1. The van der Waals surface area contributed by atoms with Gasteiger partial charge in [-0.05, 0) is 31.7 Å². The van der Waals surface area contributed by atoms with Gasteiger partial charge in [0.15, 0.2) is 0 Å². The van der Waals surface area contributed by atoms with Crippen molar-refractivity contribution in [3.8, 4) is 0 Å². The highest BCUT2D eigenvalue weighted by atomic mass is 35.5. The molecule has 0 spiro atoms. The van der Waals surface area contributed by atoms with E-state index in [0.717, 1.165) is 18.7 Å². The van der Waals surface area contributed by atoms with Gasteiger partial charge in [0.05, 0.1) is 6.04 Å². The largest absolute Gasteiger partial charge is 0.309 e. The second-order valence-electron chi connectivity index (χ2n) is 4.50. The zero-order valence-electron chi connectivity index (χ0n) is 9.06. The predicted molar refractivity (Wildman–Crippen MR) is 63.8 cm³/mol. The van der Waals surface area contributed by atoms with E-state index in [1.165, 1.54) is 0 Å². The first kappa shape index (κ1) is 10.1. The normalized spacial score (nSPS) is 29.1. The molecule has 3 aliphatic heterocycles. The number of piperidine rings is 1.